The van der Waals surface area contributed by atoms with Crippen molar-refractivity contribution in [2.45, 2.75) is 25.7 Å². The molecule has 0 aliphatic heterocycles. The van der Waals surface area contributed by atoms with Gasteiger partial charge in [-0.25, -0.2) is 4.98 Å². The Hall–Kier alpha value is -1.68. The molecule has 2 nitrogen and oxygen atoms in total. The van der Waals surface area contributed by atoms with Gasteiger partial charge in [-0.05, 0) is 49.9 Å². The molecule has 0 spiro atoms. The molecule has 0 N–H and O–H groups in total. The van der Waals surface area contributed by atoms with Gasteiger partial charge in [-0.15, -0.1) is 0 Å². The van der Waals surface area contributed by atoms with Gasteiger partial charge in [0.05, 0.1) is 15.7 Å². The number of fused-ring (bicyclic) bond motifs is 1. The van der Waals surface area contributed by atoms with E-state index in [0.29, 0.717) is 14.7 Å². The second kappa shape index (κ2) is 6.91. The fraction of sp³-hybridized carbons (Fsp3) is 0.200. The fourth-order valence-electron chi connectivity index (χ4n) is 3.42. The maximum absolute atomic E-state index is 6.53. The van der Waals surface area contributed by atoms with Crippen LogP contribution in [0.1, 0.15) is 24.1 Å². The standard InChI is InChI=1S/C20H16Cl2N2S/c21-15-9-3-1-7-13(15)19-23-20(25)14-8-2-5-11-17(14)24(19)18-12-6-4-10-16(18)22/h1,3-4,6-7,9-10,12H,2,5,8,11H2. The van der Waals surface area contributed by atoms with E-state index in [1.165, 1.54) is 5.69 Å². The molecule has 0 atom stereocenters. The number of nitrogens with zero attached hydrogens (tertiary/aromatic N) is 2. The second-order valence-electron chi connectivity index (χ2n) is 6.14. The molecule has 4 rings (SSSR count). The summed E-state index contributed by atoms with van der Waals surface area (Å²) in [5.41, 5.74) is 4.15. The number of hydrogen-bond acceptors (Lipinski definition) is 2. The van der Waals surface area contributed by atoms with E-state index in [-0.39, 0.29) is 0 Å². The molecule has 3 aromatic rings. The maximum Gasteiger partial charge on any atom is 0.147 e. The first-order chi connectivity index (χ1) is 12.2. The molecule has 25 heavy (non-hydrogen) atoms. The summed E-state index contributed by atoms with van der Waals surface area (Å²) in [6.07, 6.45) is 4.21. The van der Waals surface area contributed by atoms with Crippen LogP contribution in [0.15, 0.2) is 48.5 Å². The Kier molecular flexibility index (Phi) is 4.63. The van der Waals surface area contributed by atoms with Crippen LogP contribution in [0, 0.1) is 4.64 Å². The van der Waals surface area contributed by atoms with E-state index in [4.69, 9.17) is 40.4 Å². The van der Waals surface area contributed by atoms with Crippen molar-refractivity contribution in [3.05, 3.63) is 74.5 Å². The lowest BCUT2D eigenvalue weighted by Crippen LogP contribution is -2.17. The van der Waals surface area contributed by atoms with Crippen LogP contribution in [0.2, 0.25) is 10.0 Å². The van der Waals surface area contributed by atoms with E-state index >= 15 is 0 Å². The van der Waals surface area contributed by atoms with E-state index in [9.17, 15) is 0 Å². The summed E-state index contributed by atoms with van der Waals surface area (Å²) in [5.74, 6) is 0.754. The van der Waals surface area contributed by atoms with E-state index in [1.54, 1.807) is 0 Å². The Labute approximate surface area is 162 Å². The predicted molar refractivity (Wildman–Crippen MR) is 106 cm³/mol. The molecule has 0 saturated carbocycles. The molecule has 0 bridgehead atoms. The normalized spacial score (nSPS) is 13.5. The number of halogens is 2. The van der Waals surface area contributed by atoms with Crippen LogP contribution < -0.4 is 0 Å². The fourth-order valence-corrected chi connectivity index (χ4v) is 4.17. The molecule has 1 aliphatic carbocycles. The van der Waals surface area contributed by atoms with Crippen LogP contribution in [-0.4, -0.2) is 9.55 Å². The topological polar surface area (TPSA) is 17.8 Å². The molecule has 0 saturated heterocycles. The molecule has 1 heterocycles. The van der Waals surface area contributed by atoms with Crippen molar-refractivity contribution in [2.75, 3.05) is 0 Å². The van der Waals surface area contributed by atoms with Crippen molar-refractivity contribution in [1.82, 2.24) is 9.55 Å². The molecule has 0 fully saturated rings. The van der Waals surface area contributed by atoms with Crippen LogP contribution in [0.25, 0.3) is 17.1 Å². The molecular formula is C20H16Cl2N2S. The van der Waals surface area contributed by atoms with E-state index in [2.05, 4.69) is 4.57 Å². The van der Waals surface area contributed by atoms with Gasteiger partial charge < -0.3 is 0 Å². The van der Waals surface area contributed by atoms with Gasteiger partial charge >= 0.3 is 0 Å². The van der Waals surface area contributed by atoms with Crippen molar-refractivity contribution < 1.29 is 0 Å². The van der Waals surface area contributed by atoms with Gasteiger partial charge in [0, 0.05) is 16.8 Å². The van der Waals surface area contributed by atoms with Crippen LogP contribution in [0.5, 0.6) is 0 Å². The Morgan fingerprint density at radius 2 is 1.56 bits per heavy atom. The molecule has 2 aromatic carbocycles. The minimum atomic E-state index is 0.654. The van der Waals surface area contributed by atoms with Crippen molar-refractivity contribution in [2.24, 2.45) is 0 Å². The zero-order chi connectivity index (χ0) is 17.4. The van der Waals surface area contributed by atoms with Gasteiger partial charge in [-0.1, -0.05) is 59.7 Å². The van der Waals surface area contributed by atoms with Crippen molar-refractivity contribution >= 4 is 35.4 Å². The molecule has 1 aromatic heterocycles. The first kappa shape index (κ1) is 16.8. The lowest BCUT2D eigenvalue weighted by molar-refractivity contribution is 0.642. The van der Waals surface area contributed by atoms with E-state index in [1.807, 2.05) is 48.5 Å². The highest BCUT2D eigenvalue weighted by atomic mass is 35.5. The third-order valence-electron chi connectivity index (χ3n) is 4.59. The minimum absolute atomic E-state index is 0.654. The molecule has 0 radical (unpaired) electrons. The zero-order valence-corrected chi connectivity index (χ0v) is 15.8. The second-order valence-corrected chi connectivity index (χ2v) is 7.34. The van der Waals surface area contributed by atoms with Gasteiger partial charge in [0.1, 0.15) is 10.5 Å². The molecule has 126 valence electrons. The van der Waals surface area contributed by atoms with Crippen LogP contribution in [-0.2, 0) is 12.8 Å². The van der Waals surface area contributed by atoms with Crippen LogP contribution >= 0.6 is 35.4 Å². The summed E-state index contributed by atoms with van der Waals surface area (Å²) < 4.78 is 2.82. The van der Waals surface area contributed by atoms with Gasteiger partial charge in [0.2, 0.25) is 0 Å². The van der Waals surface area contributed by atoms with Crippen molar-refractivity contribution in [3.8, 4) is 17.1 Å². The Morgan fingerprint density at radius 3 is 2.32 bits per heavy atom. The summed E-state index contributed by atoms with van der Waals surface area (Å²) in [5, 5.41) is 1.34. The minimum Gasteiger partial charge on any atom is -0.296 e. The Balaban J connectivity index is 2.11. The van der Waals surface area contributed by atoms with E-state index in [0.717, 1.165) is 48.3 Å². The highest BCUT2D eigenvalue weighted by Gasteiger charge is 2.22. The molecule has 0 unspecified atom stereocenters. The highest BCUT2D eigenvalue weighted by molar-refractivity contribution is 7.71. The predicted octanol–water partition coefficient (Wildman–Crippen LogP) is 6.45. The van der Waals surface area contributed by atoms with Gasteiger partial charge in [-0.3, -0.25) is 4.57 Å². The summed E-state index contributed by atoms with van der Waals surface area (Å²) in [4.78, 5) is 4.77. The SMILES string of the molecule is S=c1nc(-c2ccccc2Cl)n(-c2ccccc2Cl)c2c1CCCC2. The largest absolute Gasteiger partial charge is 0.296 e. The van der Waals surface area contributed by atoms with Crippen molar-refractivity contribution in [1.29, 1.82) is 0 Å². The molecule has 0 amide bonds. The van der Waals surface area contributed by atoms with Crippen molar-refractivity contribution in [3.63, 3.8) is 0 Å². The smallest absolute Gasteiger partial charge is 0.147 e. The Bertz CT molecular complexity index is 1010. The number of para-hydroxylation sites is 1. The molecule has 5 heteroatoms. The highest BCUT2D eigenvalue weighted by Crippen LogP contribution is 2.35. The summed E-state index contributed by atoms with van der Waals surface area (Å²) >= 11 is 18.6. The zero-order valence-electron chi connectivity index (χ0n) is 13.5. The first-order valence-corrected chi connectivity index (χ1v) is 9.48. The van der Waals surface area contributed by atoms with Crippen LogP contribution in [0.4, 0.5) is 0 Å². The third kappa shape index (κ3) is 3.01. The molecule has 1 aliphatic rings. The lowest BCUT2D eigenvalue weighted by atomic mass is 9.96. The first-order valence-electron chi connectivity index (χ1n) is 8.31. The maximum atomic E-state index is 6.53. The number of rotatable bonds is 2. The summed E-state index contributed by atoms with van der Waals surface area (Å²) in [6.45, 7) is 0. The van der Waals surface area contributed by atoms with E-state index < -0.39 is 0 Å². The number of benzene rings is 2. The van der Waals surface area contributed by atoms with Crippen LogP contribution in [0.3, 0.4) is 0 Å². The van der Waals surface area contributed by atoms with Gasteiger partial charge in [-0.2, -0.15) is 0 Å². The number of hydrogen-bond donors (Lipinski definition) is 0. The van der Waals surface area contributed by atoms with Gasteiger partial charge in [0.15, 0.2) is 0 Å². The average Bonchev–Trinajstić information content (AvgIpc) is 2.63. The summed E-state index contributed by atoms with van der Waals surface area (Å²) in [7, 11) is 0. The lowest BCUT2D eigenvalue weighted by Gasteiger charge is -2.25. The third-order valence-corrected chi connectivity index (χ3v) is 5.58. The Morgan fingerprint density at radius 1 is 0.880 bits per heavy atom. The number of aromatic nitrogens is 2. The summed E-state index contributed by atoms with van der Waals surface area (Å²) in [6, 6.07) is 15.6. The van der Waals surface area contributed by atoms with Gasteiger partial charge in [0.25, 0.3) is 0 Å². The average molecular weight is 387 g/mol. The molecular weight excluding hydrogens is 371 g/mol. The quantitative estimate of drug-likeness (QED) is 0.470. The monoisotopic (exact) mass is 386 g/mol.